The first kappa shape index (κ1) is 25.5. The number of aryl methyl sites for hydroxylation is 1. The second-order valence-electron chi connectivity index (χ2n) is 8.36. The van der Waals surface area contributed by atoms with E-state index in [2.05, 4.69) is 10.5 Å². The van der Waals surface area contributed by atoms with Crippen LogP contribution in [0.3, 0.4) is 0 Å². The van der Waals surface area contributed by atoms with E-state index in [0.717, 1.165) is 12.1 Å². The fourth-order valence-electron chi connectivity index (χ4n) is 4.03. The Morgan fingerprint density at radius 3 is 2.61 bits per heavy atom. The summed E-state index contributed by atoms with van der Waals surface area (Å²) in [6, 6.07) is 10.1. The third-order valence-electron chi connectivity index (χ3n) is 5.97. The standard InChI is InChI=1S/C25H25F2N3O5S/c1-16-24(23(35-29-16)9-7-17-6-8-19(26)14-22(17)27)36(32,33)30-12-10-18(11-13-30)25(31)28-20-4-3-5-21(15-20)34-2/h3-9,14-15,18H,10-13H2,1-2H3,(H,28,31). The van der Waals surface area contributed by atoms with E-state index in [1.807, 2.05) is 0 Å². The normalized spacial score (nSPS) is 15.3. The van der Waals surface area contributed by atoms with Gasteiger partial charge in [-0.05, 0) is 56.2 Å². The first-order valence-electron chi connectivity index (χ1n) is 11.2. The third-order valence-corrected chi connectivity index (χ3v) is 8.03. The van der Waals surface area contributed by atoms with Crippen molar-refractivity contribution in [2.24, 2.45) is 5.92 Å². The van der Waals surface area contributed by atoms with Gasteiger partial charge >= 0.3 is 0 Å². The van der Waals surface area contributed by atoms with Gasteiger partial charge in [-0.3, -0.25) is 4.79 Å². The van der Waals surface area contributed by atoms with Crippen molar-refractivity contribution >= 4 is 33.8 Å². The summed E-state index contributed by atoms with van der Waals surface area (Å²) in [6.07, 6.45) is 3.26. The van der Waals surface area contributed by atoms with Crippen molar-refractivity contribution in [3.05, 3.63) is 71.1 Å². The van der Waals surface area contributed by atoms with E-state index in [1.165, 1.54) is 36.6 Å². The van der Waals surface area contributed by atoms with Crippen molar-refractivity contribution in [1.82, 2.24) is 9.46 Å². The number of benzene rings is 2. The van der Waals surface area contributed by atoms with E-state index < -0.39 is 21.7 Å². The molecule has 2 aromatic carbocycles. The summed E-state index contributed by atoms with van der Waals surface area (Å²) in [5.74, 6) is -1.50. The van der Waals surface area contributed by atoms with Crippen molar-refractivity contribution in [3.63, 3.8) is 0 Å². The number of piperidine rings is 1. The lowest BCUT2D eigenvalue weighted by molar-refractivity contribution is -0.120. The minimum atomic E-state index is -3.99. The minimum absolute atomic E-state index is 0.0610. The molecule has 4 rings (SSSR count). The molecule has 0 spiro atoms. The van der Waals surface area contributed by atoms with Gasteiger partial charge in [0, 0.05) is 42.4 Å². The fourth-order valence-corrected chi connectivity index (χ4v) is 5.75. The van der Waals surface area contributed by atoms with Crippen LogP contribution in [0.1, 0.15) is 29.9 Å². The highest BCUT2D eigenvalue weighted by atomic mass is 32.2. The molecule has 11 heteroatoms. The van der Waals surface area contributed by atoms with Crippen LogP contribution in [0.5, 0.6) is 5.75 Å². The molecule has 2 heterocycles. The molecule has 1 N–H and O–H groups in total. The first-order valence-corrected chi connectivity index (χ1v) is 12.7. The summed E-state index contributed by atoms with van der Waals surface area (Å²) < 4.78 is 65.6. The van der Waals surface area contributed by atoms with Gasteiger partial charge in [0.05, 0.1) is 7.11 Å². The fraction of sp³-hybridized carbons (Fsp3) is 0.280. The Hall–Kier alpha value is -3.57. The molecule has 1 fully saturated rings. The van der Waals surface area contributed by atoms with Gasteiger partial charge in [0.25, 0.3) is 0 Å². The van der Waals surface area contributed by atoms with Crippen LogP contribution in [0, 0.1) is 24.5 Å². The Bertz CT molecular complexity index is 1400. The lowest BCUT2D eigenvalue weighted by Crippen LogP contribution is -2.41. The zero-order chi connectivity index (χ0) is 25.9. The number of nitrogens with zero attached hydrogens (tertiary/aromatic N) is 2. The average Bonchev–Trinajstić information content (AvgIpc) is 3.24. The van der Waals surface area contributed by atoms with Gasteiger partial charge in [-0.15, -0.1) is 0 Å². The maximum Gasteiger partial charge on any atom is 0.248 e. The summed E-state index contributed by atoms with van der Waals surface area (Å²) in [5.41, 5.74) is 0.826. The highest BCUT2D eigenvalue weighted by molar-refractivity contribution is 7.89. The number of sulfonamides is 1. The van der Waals surface area contributed by atoms with Crippen molar-refractivity contribution in [2.45, 2.75) is 24.7 Å². The quantitative estimate of drug-likeness (QED) is 0.496. The van der Waals surface area contributed by atoms with Gasteiger partial charge in [0.2, 0.25) is 15.9 Å². The average molecular weight is 518 g/mol. The Morgan fingerprint density at radius 1 is 1.17 bits per heavy atom. The number of methoxy groups -OCH3 is 1. The number of carbonyl (C=O) groups excluding carboxylic acids is 1. The number of amides is 1. The Kier molecular flexibility index (Phi) is 7.51. The molecule has 1 amide bonds. The van der Waals surface area contributed by atoms with Gasteiger partial charge in [-0.1, -0.05) is 11.2 Å². The first-order chi connectivity index (χ1) is 17.2. The number of hydrogen-bond acceptors (Lipinski definition) is 6. The Labute approximate surface area is 207 Å². The summed E-state index contributed by atoms with van der Waals surface area (Å²) in [4.78, 5) is 12.6. The van der Waals surface area contributed by atoms with Crippen LogP contribution in [-0.2, 0) is 14.8 Å². The molecule has 36 heavy (non-hydrogen) atoms. The molecule has 3 aromatic rings. The maximum absolute atomic E-state index is 14.0. The zero-order valence-corrected chi connectivity index (χ0v) is 20.5. The molecule has 0 radical (unpaired) electrons. The lowest BCUT2D eigenvalue weighted by atomic mass is 9.97. The van der Waals surface area contributed by atoms with Crippen LogP contribution in [-0.4, -0.2) is 44.0 Å². The molecule has 0 saturated carbocycles. The van der Waals surface area contributed by atoms with Gasteiger partial charge in [0.15, 0.2) is 10.7 Å². The molecule has 1 saturated heterocycles. The summed E-state index contributed by atoms with van der Waals surface area (Å²) >= 11 is 0. The van der Waals surface area contributed by atoms with Crippen molar-refractivity contribution in [1.29, 1.82) is 0 Å². The van der Waals surface area contributed by atoms with E-state index in [0.29, 0.717) is 24.3 Å². The van der Waals surface area contributed by atoms with Crippen LogP contribution in [0.15, 0.2) is 51.9 Å². The number of carbonyl (C=O) groups is 1. The monoisotopic (exact) mass is 517 g/mol. The zero-order valence-electron chi connectivity index (χ0n) is 19.7. The van der Waals surface area contributed by atoms with E-state index >= 15 is 0 Å². The molecule has 8 nitrogen and oxygen atoms in total. The minimum Gasteiger partial charge on any atom is -0.497 e. The van der Waals surface area contributed by atoms with Gasteiger partial charge in [0.1, 0.15) is 23.1 Å². The van der Waals surface area contributed by atoms with Gasteiger partial charge in [-0.25, -0.2) is 17.2 Å². The Morgan fingerprint density at radius 2 is 1.92 bits per heavy atom. The predicted molar refractivity (Wildman–Crippen MR) is 130 cm³/mol. The summed E-state index contributed by atoms with van der Waals surface area (Å²) in [5, 5.41) is 6.62. The van der Waals surface area contributed by atoms with Gasteiger partial charge in [-0.2, -0.15) is 4.31 Å². The predicted octanol–water partition coefficient (Wildman–Crippen LogP) is 4.48. The lowest BCUT2D eigenvalue weighted by Gasteiger charge is -2.30. The molecule has 1 aliphatic heterocycles. The van der Waals surface area contributed by atoms with Crippen LogP contribution in [0.4, 0.5) is 14.5 Å². The number of nitrogens with one attached hydrogen (secondary N) is 1. The highest BCUT2D eigenvalue weighted by Crippen LogP contribution is 2.30. The molecule has 0 aliphatic carbocycles. The molecule has 1 aliphatic rings. The largest absolute Gasteiger partial charge is 0.497 e. The van der Waals surface area contributed by atoms with Crippen LogP contribution in [0.2, 0.25) is 0 Å². The SMILES string of the molecule is COc1cccc(NC(=O)C2CCN(S(=O)(=O)c3c(C)noc3C=Cc3ccc(F)cc3F)CC2)c1. The van der Waals surface area contributed by atoms with Crippen LogP contribution >= 0.6 is 0 Å². The number of anilines is 1. The number of halogens is 2. The molecular formula is C25H25F2N3O5S. The number of aromatic nitrogens is 1. The van der Waals surface area contributed by atoms with Gasteiger partial charge < -0.3 is 14.6 Å². The summed E-state index contributed by atoms with van der Waals surface area (Å²) in [6.45, 7) is 1.78. The number of ether oxygens (including phenoxy) is 1. The van der Waals surface area contributed by atoms with Crippen LogP contribution in [0.25, 0.3) is 12.2 Å². The molecular weight excluding hydrogens is 492 g/mol. The van der Waals surface area contributed by atoms with Crippen molar-refractivity contribution in [2.75, 3.05) is 25.5 Å². The number of rotatable bonds is 7. The highest BCUT2D eigenvalue weighted by Gasteiger charge is 2.36. The molecule has 0 atom stereocenters. The second-order valence-corrected chi connectivity index (χ2v) is 10.2. The molecule has 1 aromatic heterocycles. The van der Waals surface area contributed by atoms with Crippen molar-refractivity contribution in [3.8, 4) is 5.75 Å². The van der Waals surface area contributed by atoms with Crippen molar-refractivity contribution < 1.29 is 31.3 Å². The van der Waals surface area contributed by atoms with Crippen LogP contribution < -0.4 is 10.1 Å². The smallest absolute Gasteiger partial charge is 0.248 e. The second kappa shape index (κ2) is 10.6. The van der Waals surface area contributed by atoms with E-state index in [9.17, 15) is 22.0 Å². The maximum atomic E-state index is 14.0. The number of hydrogen-bond donors (Lipinski definition) is 1. The molecule has 190 valence electrons. The van der Waals surface area contributed by atoms with E-state index in [-0.39, 0.29) is 46.8 Å². The molecule has 0 unspecified atom stereocenters. The molecule has 0 bridgehead atoms. The summed E-state index contributed by atoms with van der Waals surface area (Å²) in [7, 11) is -2.46. The van der Waals surface area contributed by atoms with E-state index in [4.69, 9.17) is 9.26 Å². The topological polar surface area (TPSA) is 102 Å². The van der Waals surface area contributed by atoms with E-state index in [1.54, 1.807) is 24.3 Å². The third kappa shape index (κ3) is 5.47. The Balaban J connectivity index is 1.45.